The Balaban J connectivity index is 2.41. The first-order chi connectivity index (χ1) is 10.2. The molecule has 118 valence electrons. The van der Waals surface area contributed by atoms with Crippen molar-refractivity contribution in [2.45, 2.75) is 11.1 Å². The number of halogens is 3. The van der Waals surface area contributed by atoms with Crippen LogP contribution in [0.1, 0.15) is 5.56 Å². The average Bonchev–Trinajstić information content (AvgIpc) is 2.46. The van der Waals surface area contributed by atoms with Crippen LogP contribution in [0, 0.1) is 0 Å². The molecule has 2 aromatic rings. The fourth-order valence-corrected chi connectivity index (χ4v) is 2.91. The Hall–Kier alpha value is -2.22. The summed E-state index contributed by atoms with van der Waals surface area (Å²) >= 11 is 0. The van der Waals surface area contributed by atoms with Gasteiger partial charge in [-0.1, -0.05) is 18.2 Å². The molecule has 0 aromatic heterocycles. The maximum Gasteiger partial charge on any atom is 0.418 e. The van der Waals surface area contributed by atoms with Gasteiger partial charge >= 0.3 is 6.18 Å². The van der Waals surface area contributed by atoms with E-state index in [-0.39, 0.29) is 10.6 Å². The van der Waals surface area contributed by atoms with Crippen molar-refractivity contribution < 1.29 is 26.3 Å². The number of methoxy groups -OCH3 is 1. The molecule has 0 spiro atoms. The lowest BCUT2D eigenvalue weighted by molar-refractivity contribution is -0.136. The number of nitrogens with one attached hydrogen (secondary N) is 1. The lowest BCUT2D eigenvalue weighted by Gasteiger charge is -2.14. The van der Waals surface area contributed by atoms with Crippen molar-refractivity contribution >= 4 is 15.7 Å². The van der Waals surface area contributed by atoms with Crippen molar-refractivity contribution in [2.75, 3.05) is 11.8 Å². The van der Waals surface area contributed by atoms with Gasteiger partial charge < -0.3 is 4.74 Å². The molecule has 0 aliphatic rings. The van der Waals surface area contributed by atoms with Gasteiger partial charge in [0.15, 0.2) is 0 Å². The molecular weight excluding hydrogens is 319 g/mol. The summed E-state index contributed by atoms with van der Waals surface area (Å²) in [7, 11) is -2.80. The van der Waals surface area contributed by atoms with Crippen molar-refractivity contribution in [3.8, 4) is 5.75 Å². The topological polar surface area (TPSA) is 55.4 Å². The molecule has 2 rings (SSSR count). The molecule has 1 N–H and O–H groups in total. The van der Waals surface area contributed by atoms with E-state index >= 15 is 0 Å². The van der Waals surface area contributed by atoms with Gasteiger partial charge in [-0.3, -0.25) is 4.72 Å². The van der Waals surface area contributed by atoms with Crippen LogP contribution in [0.2, 0.25) is 0 Å². The minimum atomic E-state index is -4.66. The van der Waals surface area contributed by atoms with Gasteiger partial charge in [-0.15, -0.1) is 0 Å². The second-order valence-electron chi connectivity index (χ2n) is 4.33. The van der Waals surface area contributed by atoms with Crippen LogP contribution in [0.25, 0.3) is 0 Å². The van der Waals surface area contributed by atoms with Gasteiger partial charge in [0.2, 0.25) is 0 Å². The van der Waals surface area contributed by atoms with E-state index in [1.54, 1.807) is 0 Å². The number of anilines is 1. The number of para-hydroxylation sites is 1. The number of benzene rings is 2. The Kier molecular flexibility index (Phi) is 4.32. The van der Waals surface area contributed by atoms with Gasteiger partial charge in [0.1, 0.15) is 5.75 Å². The largest absolute Gasteiger partial charge is 0.497 e. The second kappa shape index (κ2) is 5.88. The molecule has 0 radical (unpaired) electrons. The molecule has 0 saturated heterocycles. The molecule has 0 aliphatic carbocycles. The average molecular weight is 331 g/mol. The molecule has 0 unspecified atom stereocenters. The molecule has 0 saturated carbocycles. The van der Waals surface area contributed by atoms with Crippen LogP contribution in [-0.2, 0) is 16.2 Å². The first-order valence-corrected chi connectivity index (χ1v) is 7.55. The summed E-state index contributed by atoms with van der Waals surface area (Å²) in [5, 5.41) is 0. The smallest absolute Gasteiger partial charge is 0.418 e. The Bertz CT molecular complexity index is 773. The van der Waals surface area contributed by atoms with E-state index in [0.717, 1.165) is 12.1 Å². The summed E-state index contributed by atoms with van der Waals surface area (Å²) in [5.74, 6) is 0.284. The minimum absolute atomic E-state index is 0.191. The predicted octanol–water partition coefficient (Wildman–Crippen LogP) is 3.51. The molecule has 0 aliphatic heterocycles. The van der Waals surface area contributed by atoms with Crippen molar-refractivity contribution in [1.82, 2.24) is 0 Å². The third-order valence-electron chi connectivity index (χ3n) is 2.83. The quantitative estimate of drug-likeness (QED) is 0.933. The summed E-state index contributed by atoms with van der Waals surface area (Å²) in [6, 6.07) is 9.82. The third kappa shape index (κ3) is 3.51. The highest BCUT2D eigenvalue weighted by atomic mass is 32.2. The minimum Gasteiger partial charge on any atom is -0.497 e. The lowest BCUT2D eigenvalue weighted by atomic mass is 10.2. The molecule has 0 amide bonds. The number of hydrogen-bond donors (Lipinski definition) is 1. The van der Waals surface area contributed by atoms with E-state index in [4.69, 9.17) is 4.74 Å². The van der Waals surface area contributed by atoms with Crippen molar-refractivity contribution in [3.63, 3.8) is 0 Å². The van der Waals surface area contributed by atoms with Crippen molar-refractivity contribution in [1.29, 1.82) is 0 Å². The fourth-order valence-electron chi connectivity index (χ4n) is 1.79. The van der Waals surface area contributed by atoms with E-state index in [9.17, 15) is 21.6 Å². The van der Waals surface area contributed by atoms with E-state index in [0.29, 0.717) is 0 Å². The van der Waals surface area contributed by atoms with E-state index in [1.807, 2.05) is 4.72 Å². The van der Waals surface area contributed by atoms with E-state index in [2.05, 4.69) is 0 Å². The van der Waals surface area contributed by atoms with Crippen LogP contribution in [0.5, 0.6) is 5.75 Å². The second-order valence-corrected chi connectivity index (χ2v) is 6.01. The molecule has 8 heteroatoms. The maximum absolute atomic E-state index is 12.9. The maximum atomic E-state index is 12.9. The summed E-state index contributed by atoms with van der Waals surface area (Å²) in [6.07, 6.45) is -4.66. The number of ether oxygens (including phenoxy) is 1. The number of alkyl halides is 3. The van der Waals surface area contributed by atoms with Gasteiger partial charge in [0.05, 0.1) is 23.3 Å². The van der Waals surface area contributed by atoms with Gasteiger partial charge in [0, 0.05) is 6.07 Å². The van der Waals surface area contributed by atoms with Crippen LogP contribution < -0.4 is 9.46 Å². The molecule has 4 nitrogen and oxygen atoms in total. The Morgan fingerprint density at radius 3 is 2.36 bits per heavy atom. The van der Waals surface area contributed by atoms with Crippen LogP contribution in [-0.4, -0.2) is 15.5 Å². The third-order valence-corrected chi connectivity index (χ3v) is 4.19. The predicted molar refractivity (Wildman–Crippen MR) is 75.2 cm³/mol. The van der Waals surface area contributed by atoms with Crippen LogP contribution in [0.4, 0.5) is 18.9 Å². The van der Waals surface area contributed by atoms with Crippen LogP contribution in [0.3, 0.4) is 0 Å². The van der Waals surface area contributed by atoms with Crippen molar-refractivity contribution in [3.05, 3.63) is 54.1 Å². The normalized spacial score (nSPS) is 12.0. The standard InChI is InChI=1S/C14H12F3NO3S/c1-21-10-5-4-6-11(9-10)22(19,20)18-13-8-3-2-7-12(13)14(15,16)17/h2-9,18H,1H3. The first kappa shape index (κ1) is 16.2. The number of hydrogen-bond acceptors (Lipinski definition) is 3. The Labute approximate surface area is 125 Å². The lowest BCUT2D eigenvalue weighted by Crippen LogP contribution is -2.17. The summed E-state index contributed by atoms with van der Waals surface area (Å²) < 4.78 is 70.0. The highest BCUT2D eigenvalue weighted by Crippen LogP contribution is 2.35. The summed E-state index contributed by atoms with van der Waals surface area (Å²) in [4.78, 5) is -0.191. The molecule has 2 aromatic carbocycles. The highest BCUT2D eigenvalue weighted by Gasteiger charge is 2.34. The molecule has 22 heavy (non-hydrogen) atoms. The van der Waals surface area contributed by atoms with Crippen molar-refractivity contribution in [2.24, 2.45) is 0 Å². The monoisotopic (exact) mass is 331 g/mol. The van der Waals surface area contributed by atoms with Crippen LogP contribution in [0.15, 0.2) is 53.4 Å². The van der Waals surface area contributed by atoms with Gasteiger partial charge in [-0.25, -0.2) is 8.42 Å². The molecule has 0 bridgehead atoms. The number of sulfonamides is 1. The molecular formula is C14H12F3NO3S. The molecule has 0 heterocycles. The summed E-state index contributed by atoms with van der Waals surface area (Å²) in [6.45, 7) is 0. The van der Waals surface area contributed by atoms with Gasteiger partial charge in [0.25, 0.3) is 10.0 Å². The van der Waals surface area contributed by atoms with E-state index in [1.165, 1.54) is 43.5 Å². The zero-order chi connectivity index (χ0) is 16.4. The zero-order valence-electron chi connectivity index (χ0n) is 11.4. The highest BCUT2D eigenvalue weighted by molar-refractivity contribution is 7.92. The molecule has 0 atom stereocenters. The first-order valence-electron chi connectivity index (χ1n) is 6.07. The molecule has 0 fully saturated rings. The number of rotatable bonds is 4. The Morgan fingerprint density at radius 2 is 1.73 bits per heavy atom. The fraction of sp³-hybridized carbons (Fsp3) is 0.143. The van der Waals surface area contributed by atoms with Gasteiger partial charge in [-0.2, -0.15) is 13.2 Å². The summed E-state index contributed by atoms with van der Waals surface area (Å²) in [5.41, 5.74) is -1.58. The van der Waals surface area contributed by atoms with Crippen LogP contribution >= 0.6 is 0 Å². The van der Waals surface area contributed by atoms with Gasteiger partial charge in [-0.05, 0) is 24.3 Å². The van der Waals surface area contributed by atoms with E-state index < -0.39 is 27.5 Å². The zero-order valence-corrected chi connectivity index (χ0v) is 12.2. The Morgan fingerprint density at radius 1 is 1.05 bits per heavy atom. The SMILES string of the molecule is COc1cccc(S(=O)(=O)Nc2ccccc2C(F)(F)F)c1.